The average Bonchev–Trinajstić information content (AvgIpc) is 2.56. The molecule has 1 heterocycles. The van der Waals surface area contributed by atoms with Crippen LogP contribution in [0.2, 0.25) is 0 Å². The van der Waals surface area contributed by atoms with E-state index in [-0.39, 0.29) is 12.1 Å². The lowest BCUT2D eigenvalue weighted by Gasteiger charge is -2.36. The number of para-hydroxylation sites is 1. The minimum atomic E-state index is 0.164. The van der Waals surface area contributed by atoms with Crippen molar-refractivity contribution in [3.8, 4) is 5.75 Å². The van der Waals surface area contributed by atoms with E-state index >= 15 is 0 Å². The van der Waals surface area contributed by atoms with Crippen molar-refractivity contribution >= 4 is 0 Å². The highest BCUT2D eigenvalue weighted by atomic mass is 16.5. The first kappa shape index (κ1) is 16.0. The van der Waals surface area contributed by atoms with Crippen LogP contribution in [0.25, 0.3) is 0 Å². The Morgan fingerprint density at radius 3 is 2.48 bits per heavy atom. The summed E-state index contributed by atoms with van der Waals surface area (Å²) in [5.41, 5.74) is 10.2. The van der Waals surface area contributed by atoms with Gasteiger partial charge in [-0.05, 0) is 37.5 Å². The van der Waals surface area contributed by atoms with Gasteiger partial charge < -0.3 is 10.5 Å². The fourth-order valence-corrected chi connectivity index (χ4v) is 3.37. The lowest BCUT2D eigenvalue weighted by atomic mass is 9.96. The summed E-state index contributed by atoms with van der Waals surface area (Å²) in [5, 5.41) is 0. The molecule has 0 saturated heterocycles. The highest BCUT2D eigenvalue weighted by Crippen LogP contribution is 2.32. The minimum Gasteiger partial charge on any atom is -0.491 e. The van der Waals surface area contributed by atoms with Crippen LogP contribution >= 0.6 is 0 Å². The second kappa shape index (κ2) is 7.16. The molecule has 3 nitrogen and oxygen atoms in total. The van der Waals surface area contributed by atoms with E-state index in [9.17, 15) is 0 Å². The number of hydrogen-bond acceptors (Lipinski definition) is 3. The molecular weight excluding hydrogens is 284 g/mol. The molecule has 23 heavy (non-hydrogen) atoms. The first-order valence-electron chi connectivity index (χ1n) is 8.45. The third-order valence-electron chi connectivity index (χ3n) is 4.46. The molecule has 122 valence electrons. The van der Waals surface area contributed by atoms with Gasteiger partial charge in [-0.1, -0.05) is 42.5 Å². The maximum absolute atomic E-state index is 6.16. The molecule has 0 radical (unpaired) electrons. The summed E-state index contributed by atoms with van der Waals surface area (Å²) in [6.07, 6.45) is 1.25. The summed E-state index contributed by atoms with van der Waals surface area (Å²) < 4.78 is 6.01. The summed E-state index contributed by atoms with van der Waals surface area (Å²) >= 11 is 0. The number of hydrogen-bond donors (Lipinski definition) is 1. The van der Waals surface area contributed by atoms with Crippen LogP contribution in [-0.2, 0) is 13.0 Å². The van der Waals surface area contributed by atoms with E-state index in [0.29, 0.717) is 6.54 Å². The molecule has 0 fully saturated rings. The molecule has 3 heteroatoms. The molecule has 0 aliphatic carbocycles. The van der Waals surface area contributed by atoms with Gasteiger partial charge in [0.1, 0.15) is 5.75 Å². The maximum Gasteiger partial charge on any atom is 0.124 e. The number of nitrogens with two attached hydrogens (primary N) is 1. The Bertz CT molecular complexity index is 654. The largest absolute Gasteiger partial charge is 0.491 e. The highest BCUT2D eigenvalue weighted by Gasteiger charge is 2.25. The first-order chi connectivity index (χ1) is 11.2. The van der Waals surface area contributed by atoms with Crippen molar-refractivity contribution in [2.45, 2.75) is 39.0 Å². The van der Waals surface area contributed by atoms with E-state index in [1.54, 1.807) is 0 Å². The van der Waals surface area contributed by atoms with Crippen molar-refractivity contribution in [2.24, 2.45) is 5.73 Å². The van der Waals surface area contributed by atoms with E-state index in [1.165, 1.54) is 16.7 Å². The second-order valence-corrected chi connectivity index (χ2v) is 6.45. The molecule has 1 unspecified atom stereocenters. The predicted molar refractivity (Wildman–Crippen MR) is 94.6 cm³/mol. The molecule has 1 aliphatic heterocycles. The number of nitrogens with zero attached hydrogens (tertiary/aromatic N) is 1. The van der Waals surface area contributed by atoms with Crippen LogP contribution in [0.4, 0.5) is 0 Å². The van der Waals surface area contributed by atoms with Gasteiger partial charge in [0.25, 0.3) is 0 Å². The Kier molecular flexibility index (Phi) is 4.99. The molecule has 2 N–H and O–H groups in total. The van der Waals surface area contributed by atoms with Gasteiger partial charge in [0.2, 0.25) is 0 Å². The summed E-state index contributed by atoms with van der Waals surface area (Å²) in [6, 6.07) is 17.2. The third kappa shape index (κ3) is 3.57. The zero-order valence-electron chi connectivity index (χ0n) is 14.0. The fraction of sp³-hybridized carbons (Fsp3) is 0.400. The second-order valence-electron chi connectivity index (χ2n) is 6.45. The van der Waals surface area contributed by atoms with Crippen LogP contribution in [0.1, 0.15) is 36.6 Å². The smallest absolute Gasteiger partial charge is 0.124 e. The SMILES string of the molecule is CC(C)Oc1ccccc1C(CN)N1CCc2ccccc2C1. The van der Waals surface area contributed by atoms with E-state index < -0.39 is 0 Å². The van der Waals surface area contributed by atoms with E-state index in [0.717, 1.165) is 25.3 Å². The van der Waals surface area contributed by atoms with Gasteiger partial charge >= 0.3 is 0 Å². The van der Waals surface area contributed by atoms with Crippen molar-refractivity contribution in [1.29, 1.82) is 0 Å². The number of ether oxygens (including phenoxy) is 1. The fourth-order valence-electron chi connectivity index (χ4n) is 3.37. The summed E-state index contributed by atoms with van der Waals surface area (Å²) in [4.78, 5) is 2.48. The van der Waals surface area contributed by atoms with E-state index in [2.05, 4.69) is 61.2 Å². The Balaban J connectivity index is 1.87. The Morgan fingerprint density at radius 1 is 1.04 bits per heavy atom. The predicted octanol–water partition coefficient (Wildman–Crippen LogP) is 3.53. The molecule has 0 bridgehead atoms. The van der Waals surface area contributed by atoms with Gasteiger partial charge in [-0.3, -0.25) is 4.90 Å². The zero-order chi connectivity index (χ0) is 16.2. The Hall–Kier alpha value is -1.84. The zero-order valence-corrected chi connectivity index (χ0v) is 14.0. The van der Waals surface area contributed by atoms with Crippen LogP contribution in [0.15, 0.2) is 48.5 Å². The van der Waals surface area contributed by atoms with Crippen molar-refractivity contribution in [1.82, 2.24) is 4.90 Å². The van der Waals surface area contributed by atoms with E-state index in [1.807, 2.05) is 6.07 Å². The topological polar surface area (TPSA) is 38.5 Å². The summed E-state index contributed by atoms with van der Waals surface area (Å²) in [7, 11) is 0. The van der Waals surface area contributed by atoms with Crippen LogP contribution in [-0.4, -0.2) is 24.1 Å². The van der Waals surface area contributed by atoms with Crippen molar-refractivity contribution in [2.75, 3.05) is 13.1 Å². The number of fused-ring (bicyclic) bond motifs is 1. The van der Waals surface area contributed by atoms with Crippen molar-refractivity contribution in [3.63, 3.8) is 0 Å². The molecule has 2 aromatic rings. The molecule has 0 spiro atoms. The van der Waals surface area contributed by atoms with E-state index in [4.69, 9.17) is 10.5 Å². The van der Waals surface area contributed by atoms with Crippen molar-refractivity contribution < 1.29 is 4.74 Å². The number of rotatable bonds is 5. The molecule has 0 saturated carbocycles. The Morgan fingerprint density at radius 2 is 1.74 bits per heavy atom. The van der Waals surface area contributed by atoms with Gasteiger partial charge in [-0.25, -0.2) is 0 Å². The maximum atomic E-state index is 6.16. The van der Waals surface area contributed by atoms with Gasteiger partial charge in [0.05, 0.1) is 12.1 Å². The van der Waals surface area contributed by atoms with Crippen LogP contribution in [0, 0.1) is 0 Å². The first-order valence-corrected chi connectivity index (χ1v) is 8.45. The van der Waals surface area contributed by atoms with Crippen LogP contribution < -0.4 is 10.5 Å². The standard InChI is InChI=1S/C20H26N2O/c1-15(2)23-20-10-6-5-9-18(20)19(13-21)22-12-11-16-7-3-4-8-17(16)14-22/h3-10,15,19H,11-14,21H2,1-2H3. The monoisotopic (exact) mass is 310 g/mol. The van der Waals surface area contributed by atoms with Crippen LogP contribution in [0.5, 0.6) is 5.75 Å². The number of benzene rings is 2. The molecule has 1 aliphatic rings. The lowest BCUT2D eigenvalue weighted by molar-refractivity contribution is 0.173. The summed E-state index contributed by atoms with van der Waals surface area (Å²) in [5.74, 6) is 0.955. The lowest BCUT2D eigenvalue weighted by Crippen LogP contribution is -2.38. The molecule has 0 amide bonds. The normalized spacial score (nSPS) is 16.2. The minimum absolute atomic E-state index is 0.164. The molecule has 0 aromatic heterocycles. The molecular formula is C20H26N2O. The van der Waals surface area contributed by atoms with Gasteiger partial charge in [-0.2, -0.15) is 0 Å². The average molecular weight is 310 g/mol. The van der Waals surface area contributed by atoms with Gasteiger partial charge in [-0.15, -0.1) is 0 Å². The quantitative estimate of drug-likeness (QED) is 0.918. The molecule has 2 aromatic carbocycles. The highest BCUT2D eigenvalue weighted by molar-refractivity contribution is 5.37. The molecule has 1 atom stereocenters. The van der Waals surface area contributed by atoms with Crippen LogP contribution in [0.3, 0.4) is 0 Å². The van der Waals surface area contributed by atoms with Gasteiger partial charge in [0.15, 0.2) is 0 Å². The molecule has 3 rings (SSSR count). The Labute approximate surface area is 139 Å². The van der Waals surface area contributed by atoms with Crippen molar-refractivity contribution in [3.05, 3.63) is 65.2 Å². The third-order valence-corrected chi connectivity index (χ3v) is 4.46. The van der Waals surface area contributed by atoms with Gasteiger partial charge in [0, 0.05) is 25.2 Å². The summed E-state index contributed by atoms with van der Waals surface area (Å²) in [6.45, 7) is 6.71.